The summed E-state index contributed by atoms with van der Waals surface area (Å²) in [7, 11) is 0.415. The second kappa shape index (κ2) is 8.65. The van der Waals surface area contributed by atoms with Crippen LogP contribution in [-0.4, -0.2) is 36.9 Å². The van der Waals surface area contributed by atoms with Gasteiger partial charge in [-0.1, -0.05) is 61.5 Å². The third-order valence-electron chi connectivity index (χ3n) is 5.17. The lowest BCUT2D eigenvalue weighted by Crippen LogP contribution is -2.29. The van der Waals surface area contributed by atoms with Crippen LogP contribution < -0.4 is 10.8 Å². The maximum Gasteiger partial charge on any atom is 0.488 e. The number of hydrogen-bond acceptors (Lipinski definition) is 6. The van der Waals surface area contributed by atoms with Gasteiger partial charge >= 0.3 is 7.12 Å². The molecule has 1 atom stereocenters. The van der Waals surface area contributed by atoms with E-state index >= 15 is 0 Å². The minimum absolute atomic E-state index is 0.155. The van der Waals surface area contributed by atoms with Crippen LogP contribution in [0.25, 0.3) is 11.0 Å². The number of nitrogens with one attached hydrogen (secondary N) is 1. The fourth-order valence-corrected chi connectivity index (χ4v) is 3.49. The monoisotopic (exact) mass is 401 g/mol. The molecule has 8 heteroatoms. The lowest BCUT2D eigenvalue weighted by Gasteiger charge is -2.14. The molecule has 0 saturated heterocycles. The topological polar surface area (TPSA) is 96.1 Å². The van der Waals surface area contributed by atoms with Crippen LogP contribution in [0.1, 0.15) is 29.8 Å². The van der Waals surface area contributed by atoms with Crippen molar-refractivity contribution in [2.75, 3.05) is 5.32 Å². The Bertz CT molecular complexity index is 1130. The van der Waals surface area contributed by atoms with Crippen molar-refractivity contribution in [1.82, 2.24) is 19.7 Å². The second-order valence-corrected chi connectivity index (χ2v) is 7.49. The van der Waals surface area contributed by atoms with Crippen molar-refractivity contribution in [3.63, 3.8) is 0 Å². The summed E-state index contributed by atoms with van der Waals surface area (Å²) in [5.41, 5.74) is 4.39. The molecule has 0 fully saturated rings. The number of benzene rings is 2. The number of aryl methyl sites for hydroxylation is 1. The average Bonchev–Trinajstić information content (AvgIpc) is 3.14. The molecule has 2 aromatic heterocycles. The summed E-state index contributed by atoms with van der Waals surface area (Å²) in [6.45, 7) is 2.68. The molecule has 0 spiro atoms. The van der Waals surface area contributed by atoms with Crippen LogP contribution in [0.5, 0.6) is 0 Å². The zero-order valence-electron chi connectivity index (χ0n) is 17.0. The van der Waals surface area contributed by atoms with E-state index in [2.05, 4.69) is 29.5 Å². The Labute approximate surface area is 175 Å². The molecule has 0 aliphatic heterocycles. The highest BCUT2D eigenvalue weighted by atomic mass is 16.4. The molecule has 4 aromatic rings. The number of nitrogens with zero attached hydrogens (tertiary/aromatic N) is 4. The zero-order chi connectivity index (χ0) is 21.1. The Morgan fingerprint density at radius 1 is 1.00 bits per heavy atom. The first-order chi connectivity index (χ1) is 14.5. The van der Waals surface area contributed by atoms with Gasteiger partial charge in [-0.15, -0.1) is 0 Å². The molecular formula is C22H24BN5O2. The predicted molar refractivity (Wildman–Crippen MR) is 118 cm³/mol. The molecule has 30 heavy (non-hydrogen) atoms. The zero-order valence-corrected chi connectivity index (χ0v) is 17.0. The molecule has 0 bridgehead atoms. The van der Waals surface area contributed by atoms with Gasteiger partial charge in [-0.25, -0.2) is 9.97 Å². The summed E-state index contributed by atoms with van der Waals surface area (Å²) in [4.78, 5) is 9.58. The third-order valence-corrected chi connectivity index (χ3v) is 5.17. The summed E-state index contributed by atoms with van der Waals surface area (Å²) in [6, 6.07) is 17.5. The molecule has 152 valence electrons. The third kappa shape index (κ3) is 4.34. The first-order valence-corrected chi connectivity index (χ1v) is 9.93. The van der Waals surface area contributed by atoms with E-state index in [0.717, 1.165) is 34.7 Å². The number of fused-ring (bicyclic) bond motifs is 1. The summed E-state index contributed by atoms with van der Waals surface area (Å²) in [5, 5.41) is 26.2. The standard InChI is InChI=1S/C22H24BN5O2/c1-15(12-16-6-4-3-5-7-16)21-26-19-14-25-28(2)20(19)22(27-21)24-13-17-8-10-18(11-9-17)23(29)30/h3-11,14-15,29-30H,12-13H2,1-2H3,(H,24,26,27). The predicted octanol–water partition coefficient (Wildman–Crippen LogP) is 2.00. The highest BCUT2D eigenvalue weighted by molar-refractivity contribution is 6.58. The quantitative estimate of drug-likeness (QED) is 0.410. The van der Waals surface area contributed by atoms with Gasteiger partial charge in [-0.2, -0.15) is 5.10 Å². The molecule has 0 aliphatic carbocycles. The lowest BCUT2D eigenvalue weighted by atomic mass is 9.80. The molecule has 2 aromatic carbocycles. The molecule has 7 nitrogen and oxygen atoms in total. The smallest absolute Gasteiger partial charge is 0.423 e. The maximum atomic E-state index is 9.25. The minimum atomic E-state index is -1.46. The first-order valence-electron chi connectivity index (χ1n) is 9.93. The van der Waals surface area contributed by atoms with Gasteiger partial charge in [0.2, 0.25) is 0 Å². The summed E-state index contributed by atoms with van der Waals surface area (Å²) >= 11 is 0. The molecule has 0 saturated carbocycles. The summed E-state index contributed by atoms with van der Waals surface area (Å²) in [6.07, 6.45) is 2.62. The second-order valence-electron chi connectivity index (χ2n) is 7.49. The Balaban J connectivity index is 1.59. The normalized spacial score (nSPS) is 12.1. The van der Waals surface area contributed by atoms with E-state index in [9.17, 15) is 10.0 Å². The van der Waals surface area contributed by atoms with Gasteiger partial charge in [-0.3, -0.25) is 4.68 Å². The van der Waals surface area contributed by atoms with Gasteiger partial charge in [0.25, 0.3) is 0 Å². The fourth-order valence-electron chi connectivity index (χ4n) is 3.49. The van der Waals surface area contributed by atoms with Gasteiger partial charge in [-0.05, 0) is 23.0 Å². The lowest BCUT2D eigenvalue weighted by molar-refractivity contribution is 0.426. The number of rotatable bonds is 7. The van der Waals surface area contributed by atoms with Crippen molar-refractivity contribution < 1.29 is 10.0 Å². The highest BCUT2D eigenvalue weighted by Gasteiger charge is 2.17. The van der Waals surface area contributed by atoms with Gasteiger partial charge in [0.15, 0.2) is 5.82 Å². The Morgan fingerprint density at radius 2 is 1.73 bits per heavy atom. The Hall–Kier alpha value is -3.23. The van der Waals surface area contributed by atoms with E-state index < -0.39 is 7.12 Å². The van der Waals surface area contributed by atoms with Crippen LogP contribution in [0.3, 0.4) is 0 Å². The largest absolute Gasteiger partial charge is 0.488 e. The van der Waals surface area contributed by atoms with E-state index in [4.69, 9.17) is 9.97 Å². The van der Waals surface area contributed by atoms with E-state index in [1.807, 2.05) is 37.4 Å². The van der Waals surface area contributed by atoms with Crippen molar-refractivity contribution in [3.8, 4) is 0 Å². The SMILES string of the molecule is CC(Cc1ccccc1)c1nc(NCc2ccc(B(O)O)cc2)c2c(cnn2C)n1. The van der Waals surface area contributed by atoms with E-state index in [1.165, 1.54) is 5.56 Å². The average molecular weight is 401 g/mol. The minimum Gasteiger partial charge on any atom is -0.423 e. The summed E-state index contributed by atoms with van der Waals surface area (Å²) < 4.78 is 1.77. The Kier molecular flexibility index (Phi) is 5.78. The molecule has 4 rings (SSSR count). The van der Waals surface area contributed by atoms with Crippen molar-refractivity contribution in [1.29, 1.82) is 0 Å². The van der Waals surface area contributed by atoms with Crippen LogP contribution >= 0.6 is 0 Å². The molecular weight excluding hydrogens is 377 g/mol. The number of aromatic nitrogens is 4. The van der Waals surface area contributed by atoms with Crippen LogP contribution in [0.4, 0.5) is 5.82 Å². The van der Waals surface area contributed by atoms with Gasteiger partial charge in [0.1, 0.15) is 16.9 Å². The molecule has 0 aliphatic rings. The van der Waals surface area contributed by atoms with Crippen LogP contribution in [0, 0.1) is 0 Å². The van der Waals surface area contributed by atoms with E-state index in [0.29, 0.717) is 12.0 Å². The number of hydrogen-bond donors (Lipinski definition) is 3. The number of anilines is 1. The van der Waals surface area contributed by atoms with Crippen LogP contribution in [0.2, 0.25) is 0 Å². The van der Waals surface area contributed by atoms with Crippen molar-refractivity contribution >= 4 is 29.4 Å². The van der Waals surface area contributed by atoms with Crippen molar-refractivity contribution in [2.24, 2.45) is 7.05 Å². The Morgan fingerprint density at radius 3 is 2.43 bits per heavy atom. The summed E-state index contributed by atoms with van der Waals surface area (Å²) in [5.74, 6) is 1.67. The van der Waals surface area contributed by atoms with E-state index in [1.54, 1.807) is 23.0 Å². The van der Waals surface area contributed by atoms with Gasteiger partial charge in [0, 0.05) is 19.5 Å². The molecule has 0 radical (unpaired) electrons. The first kappa shape index (κ1) is 20.1. The van der Waals surface area contributed by atoms with Crippen molar-refractivity contribution in [2.45, 2.75) is 25.8 Å². The molecule has 1 unspecified atom stereocenters. The molecule has 2 heterocycles. The van der Waals surface area contributed by atoms with E-state index in [-0.39, 0.29) is 5.92 Å². The maximum absolute atomic E-state index is 9.25. The molecule has 3 N–H and O–H groups in total. The highest BCUT2D eigenvalue weighted by Crippen LogP contribution is 2.25. The van der Waals surface area contributed by atoms with Crippen LogP contribution in [0.15, 0.2) is 60.8 Å². The van der Waals surface area contributed by atoms with Crippen LogP contribution in [-0.2, 0) is 20.0 Å². The van der Waals surface area contributed by atoms with Gasteiger partial charge < -0.3 is 15.4 Å². The van der Waals surface area contributed by atoms with Crippen molar-refractivity contribution in [3.05, 3.63) is 77.7 Å². The fraction of sp³-hybridized carbons (Fsp3) is 0.227. The molecule has 0 amide bonds. The van der Waals surface area contributed by atoms with Gasteiger partial charge in [0.05, 0.1) is 6.20 Å².